The van der Waals surface area contributed by atoms with Gasteiger partial charge in [-0.1, -0.05) is 49.2 Å². The molecule has 1 N–H and O–H groups in total. The number of fused-ring (bicyclic) bond motifs is 1. The molecule has 0 amide bonds. The summed E-state index contributed by atoms with van der Waals surface area (Å²) < 4.78 is 0. The van der Waals surface area contributed by atoms with Crippen LogP contribution in [0, 0.1) is 5.92 Å². The molecule has 25 heavy (non-hydrogen) atoms. The van der Waals surface area contributed by atoms with Gasteiger partial charge < -0.3 is 5.11 Å². The van der Waals surface area contributed by atoms with Crippen molar-refractivity contribution in [1.82, 2.24) is 4.90 Å². The molecule has 2 bridgehead atoms. The predicted molar refractivity (Wildman–Crippen MR) is 101 cm³/mol. The summed E-state index contributed by atoms with van der Waals surface area (Å²) >= 11 is 0. The number of phenols is 1. The van der Waals surface area contributed by atoms with Gasteiger partial charge in [-0.3, -0.25) is 4.90 Å². The van der Waals surface area contributed by atoms with Gasteiger partial charge in [0.1, 0.15) is 5.75 Å². The van der Waals surface area contributed by atoms with Crippen molar-refractivity contribution >= 4 is 0 Å². The molecule has 2 fully saturated rings. The average molecular weight is 333 g/mol. The van der Waals surface area contributed by atoms with E-state index >= 15 is 0 Å². The third kappa shape index (κ3) is 2.42. The summed E-state index contributed by atoms with van der Waals surface area (Å²) in [5, 5.41) is 10.1. The number of likely N-dealkylation sites (tertiary alicyclic amines) is 1. The lowest BCUT2D eigenvalue weighted by Gasteiger charge is -2.59. The molecular weight excluding hydrogens is 306 g/mol. The number of piperidine rings is 1. The van der Waals surface area contributed by atoms with Gasteiger partial charge in [0.05, 0.1) is 0 Å². The molecule has 1 saturated carbocycles. The van der Waals surface area contributed by atoms with Crippen molar-refractivity contribution < 1.29 is 5.11 Å². The Hall–Kier alpha value is -1.80. The molecule has 3 atom stereocenters. The number of phenolic OH excluding ortho intramolecular Hbond substituents is 1. The summed E-state index contributed by atoms with van der Waals surface area (Å²) in [5.41, 5.74) is 4.72. The predicted octanol–water partition coefficient (Wildman–Crippen LogP) is 4.65. The second kappa shape index (κ2) is 5.88. The van der Waals surface area contributed by atoms with Crippen LogP contribution in [-0.4, -0.2) is 22.6 Å². The van der Waals surface area contributed by atoms with E-state index in [-0.39, 0.29) is 0 Å². The molecule has 1 aliphatic heterocycles. The highest BCUT2D eigenvalue weighted by molar-refractivity contribution is 5.45. The number of benzene rings is 2. The zero-order valence-electron chi connectivity index (χ0n) is 14.8. The monoisotopic (exact) mass is 333 g/mol. The Morgan fingerprint density at radius 1 is 1.04 bits per heavy atom. The van der Waals surface area contributed by atoms with Crippen LogP contribution in [0.3, 0.4) is 0 Å². The van der Waals surface area contributed by atoms with Crippen LogP contribution in [0.15, 0.2) is 48.5 Å². The van der Waals surface area contributed by atoms with Crippen LogP contribution in [0.25, 0.3) is 0 Å². The maximum absolute atomic E-state index is 10.1. The topological polar surface area (TPSA) is 23.5 Å². The minimum atomic E-state index is 0.322. The normalized spacial score (nSPS) is 31.2. The zero-order valence-corrected chi connectivity index (χ0v) is 14.8. The van der Waals surface area contributed by atoms with E-state index in [4.69, 9.17) is 0 Å². The van der Waals surface area contributed by atoms with Crippen molar-refractivity contribution in [3.63, 3.8) is 0 Å². The lowest BCUT2D eigenvalue weighted by atomic mass is 9.52. The fourth-order valence-corrected chi connectivity index (χ4v) is 6.09. The minimum absolute atomic E-state index is 0.322. The van der Waals surface area contributed by atoms with E-state index < -0.39 is 0 Å². The molecule has 1 heterocycles. The first-order valence-electron chi connectivity index (χ1n) is 9.87. The lowest BCUT2D eigenvalue weighted by Crippen LogP contribution is -2.60. The van der Waals surface area contributed by atoms with Gasteiger partial charge in [-0.05, 0) is 67.0 Å². The Morgan fingerprint density at radius 3 is 2.80 bits per heavy atom. The molecule has 2 aliphatic carbocycles. The Labute approximate surface area is 150 Å². The summed E-state index contributed by atoms with van der Waals surface area (Å²) in [6.07, 6.45) is 7.77. The van der Waals surface area contributed by atoms with Crippen LogP contribution < -0.4 is 0 Å². The molecule has 0 aromatic heterocycles. The highest BCUT2D eigenvalue weighted by Gasteiger charge is 2.53. The number of nitrogens with zero attached hydrogens (tertiary/aromatic N) is 1. The van der Waals surface area contributed by atoms with Crippen LogP contribution in [-0.2, 0) is 18.4 Å². The fourth-order valence-electron chi connectivity index (χ4n) is 6.09. The quantitative estimate of drug-likeness (QED) is 0.864. The second-order valence-corrected chi connectivity index (χ2v) is 8.33. The van der Waals surface area contributed by atoms with E-state index in [0.717, 1.165) is 18.9 Å². The number of hydrogen-bond acceptors (Lipinski definition) is 2. The minimum Gasteiger partial charge on any atom is -0.508 e. The summed E-state index contributed by atoms with van der Waals surface area (Å²) in [6, 6.07) is 17.8. The maximum Gasteiger partial charge on any atom is 0.115 e. The maximum atomic E-state index is 10.1. The van der Waals surface area contributed by atoms with E-state index in [2.05, 4.69) is 47.4 Å². The van der Waals surface area contributed by atoms with Gasteiger partial charge in [0.2, 0.25) is 0 Å². The molecule has 2 aromatic carbocycles. The van der Waals surface area contributed by atoms with Gasteiger partial charge >= 0.3 is 0 Å². The van der Waals surface area contributed by atoms with E-state index in [0.29, 0.717) is 17.2 Å². The van der Waals surface area contributed by atoms with Gasteiger partial charge in [0, 0.05) is 18.0 Å². The van der Waals surface area contributed by atoms with Gasteiger partial charge in [-0.15, -0.1) is 0 Å². The van der Waals surface area contributed by atoms with Gasteiger partial charge in [0.25, 0.3) is 0 Å². The fraction of sp³-hybridized carbons (Fsp3) is 0.478. The van der Waals surface area contributed by atoms with E-state index in [1.807, 2.05) is 6.07 Å². The summed E-state index contributed by atoms with van der Waals surface area (Å²) in [4.78, 5) is 2.75. The Bertz CT molecular complexity index is 771. The molecular formula is C23H27NO. The molecule has 1 saturated heterocycles. The molecule has 0 spiro atoms. The molecule has 2 nitrogen and oxygen atoms in total. The number of hydrogen-bond donors (Lipinski definition) is 1. The SMILES string of the molecule is Oc1ccc2c(c1)C13CCCCC1C(C2)N(Cc1ccccc1)CC3. The molecule has 5 rings (SSSR count). The third-order valence-corrected chi connectivity index (χ3v) is 7.16. The van der Waals surface area contributed by atoms with Crippen LogP contribution in [0.2, 0.25) is 0 Å². The van der Waals surface area contributed by atoms with E-state index in [1.54, 1.807) is 0 Å². The standard InChI is InChI=1S/C23H27NO/c25-19-10-9-18-14-22-20-8-4-5-11-23(20,21(18)15-19)12-13-24(22)16-17-6-2-1-3-7-17/h1-3,6-7,9-10,15,20,22,25H,4-5,8,11-14,16H2. The van der Waals surface area contributed by atoms with Gasteiger partial charge in [-0.2, -0.15) is 0 Å². The Kier molecular flexibility index (Phi) is 3.63. The lowest BCUT2D eigenvalue weighted by molar-refractivity contribution is -0.0157. The van der Waals surface area contributed by atoms with Gasteiger partial charge in [-0.25, -0.2) is 0 Å². The summed E-state index contributed by atoms with van der Waals surface area (Å²) in [6.45, 7) is 2.26. The van der Waals surface area contributed by atoms with E-state index in [1.165, 1.54) is 55.3 Å². The van der Waals surface area contributed by atoms with Crippen molar-refractivity contribution in [3.8, 4) is 5.75 Å². The Morgan fingerprint density at radius 2 is 1.92 bits per heavy atom. The highest BCUT2D eigenvalue weighted by atomic mass is 16.3. The molecule has 0 radical (unpaired) electrons. The second-order valence-electron chi connectivity index (χ2n) is 8.33. The van der Waals surface area contributed by atoms with Crippen LogP contribution in [0.4, 0.5) is 0 Å². The summed E-state index contributed by atoms with van der Waals surface area (Å²) in [7, 11) is 0. The van der Waals surface area contributed by atoms with E-state index in [9.17, 15) is 5.11 Å². The molecule has 3 unspecified atom stereocenters. The van der Waals surface area contributed by atoms with Crippen LogP contribution in [0.1, 0.15) is 48.8 Å². The number of aromatic hydroxyl groups is 1. The highest BCUT2D eigenvalue weighted by Crippen LogP contribution is 2.56. The third-order valence-electron chi connectivity index (χ3n) is 7.16. The van der Waals surface area contributed by atoms with Gasteiger partial charge in [0.15, 0.2) is 0 Å². The van der Waals surface area contributed by atoms with Crippen LogP contribution >= 0.6 is 0 Å². The smallest absolute Gasteiger partial charge is 0.115 e. The average Bonchev–Trinajstić information content (AvgIpc) is 2.65. The molecule has 3 aliphatic rings. The van der Waals surface area contributed by atoms with Crippen molar-refractivity contribution in [2.45, 2.75) is 56.5 Å². The van der Waals surface area contributed by atoms with Crippen molar-refractivity contribution in [2.24, 2.45) is 5.92 Å². The van der Waals surface area contributed by atoms with Crippen molar-refractivity contribution in [3.05, 3.63) is 65.2 Å². The first kappa shape index (κ1) is 15.5. The van der Waals surface area contributed by atoms with Crippen molar-refractivity contribution in [2.75, 3.05) is 6.54 Å². The first-order valence-corrected chi connectivity index (χ1v) is 9.87. The molecule has 2 heteroatoms. The number of rotatable bonds is 2. The van der Waals surface area contributed by atoms with Crippen LogP contribution in [0.5, 0.6) is 5.75 Å². The molecule has 130 valence electrons. The first-order chi connectivity index (χ1) is 12.3. The summed E-state index contributed by atoms with van der Waals surface area (Å²) in [5.74, 6) is 1.20. The Balaban J connectivity index is 1.54. The molecule has 2 aromatic rings. The largest absolute Gasteiger partial charge is 0.508 e. The van der Waals surface area contributed by atoms with Crippen molar-refractivity contribution in [1.29, 1.82) is 0 Å². The zero-order chi connectivity index (χ0) is 16.9.